The zero-order valence-corrected chi connectivity index (χ0v) is 12.2. The van der Waals surface area contributed by atoms with Crippen LogP contribution in [0.5, 0.6) is 0 Å². The van der Waals surface area contributed by atoms with E-state index in [4.69, 9.17) is 11.3 Å². The highest BCUT2D eigenvalue weighted by Crippen LogP contribution is 2.21. The molecule has 0 saturated carbocycles. The Kier molecular flexibility index (Phi) is 6.35. The maximum Gasteiger partial charge on any atom is 0.239 e. The number of nitrogens with one attached hydrogen (secondary N) is 1. The Labute approximate surface area is 120 Å². The highest BCUT2D eigenvalue weighted by Gasteiger charge is 2.17. The summed E-state index contributed by atoms with van der Waals surface area (Å²) in [6.45, 7) is 2.92. The summed E-state index contributed by atoms with van der Waals surface area (Å²) >= 11 is 3.43. The molecule has 6 nitrogen and oxygen atoms in total. The molecule has 0 spiro atoms. The van der Waals surface area contributed by atoms with E-state index in [1.54, 1.807) is 0 Å². The van der Waals surface area contributed by atoms with E-state index in [2.05, 4.69) is 31.3 Å². The van der Waals surface area contributed by atoms with Crippen molar-refractivity contribution in [1.29, 1.82) is 0 Å². The number of benzene rings is 1. The number of carbonyl (C=O) groups excluding carboxylic acids is 1. The monoisotopic (exact) mass is 325 g/mol. The fourth-order valence-corrected chi connectivity index (χ4v) is 2.01. The second kappa shape index (κ2) is 7.78. The van der Waals surface area contributed by atoms with E-state index >= 15 is 0 Å². The van der Waals surface area contributed by atoms with E-state index in [1.807, 2.05) is 25.1 Å². The molecule has 0 aliphatic heterocycles. The molecule has 7 heteroatoms. The average molecular weight is 326 g/mol. The van der Waals surface area contributed by atoms with Gasteiger partial charge in [-0.3, -0.25) is 4.79 Å². The number of halogens is 1. The van der Waals surface area contributed by atoms with Crippen LogP contribution in [0.4, 0.5) is 0 Å². The van der Waals surface area contributed by atoms with Gasteiger partial charge < -0.3 is 11.1 Å². The molecule has 3 N–H and O–H groups in total. The lowest BCUT2D eigenvalue weighted by molar-refractivity contribution is -0.120. The van der Waals surface area contributed by atoms with Crippen LogP contribution >= 0.6 is 15.9 Å². The summed E-state index contributed by atoms with van der Waals surface area (Å²) < 4.78 is 0.937. The van der Waals surface area contributed by atoms with E-state index < -0.39 is 11.9 Å². The van der Waals surface area contributed by atoms with Crippen molar-refractivity contribution in [3.8, 4) is 0 Å². The SMILES string of the molecule is Cc1ccc(C(NCCCN=[N+]=[N-])C(N)=O)cc1Br. The van der Waals surface area contributed by atoms with E-state index in [9.17, 15) is 4.79 Å². The Balaban J connectivity index is 2.69. The van der Waals surface area contributed by atoms with Gasteiger partial charge in [0, 0.05) is 15.9 Å². The first-order chi connectivity index (χ1) is 9.06. The molecule has 1 aromatic rings. The van der Waals surface area contributed by atoms with Crippen molar-refractivity contribution >= 4 is 21.8 Å². The molecule has 0 aliphatic rings. The third kappa shape index (κ3) is 4.90. The third-order valence-electron chi connectivity index (χ3n) is 2.66. The summed E-state index contributed by atoms with van der Waals surface area (Å²) in [5.74, 6) is -0.431. The van der Waals surface area contributed by atoms with Gasteiger partial charge in [0.1, 0.15) is 6.04 Å². The van der Waals surface area contributed by atoms with E-state index in [-0.39, 0.29) is 0 Å². The standard InChI is InChI=1S/C12H16BrN5O/c1-8-3-4-9(7-10(8)13)11(12(14)19)16-5-2-6-17-18-15/h3-4,7,11,16H,2,5-6H2,1H3,(H2,14,19). The number of nitrogens with zero attached hydrogens (tertiary/aromatic N) is 3. The lowest BCUT2D eigenvalue weighted by Crippen LogP contribution is -2.34. The molecule has 1 atom stereocenters. The molecular formula is C12H16BrN5O. The Hall–Kier alpha value is -1.56. The molecule has 0 aliphatic carbocycles. The molecule has 1 unspecified atom stereocenters. The molecular weight excluding hydrogens is 310 g/mol. The smallest absolute Gasteiger partial charge is 0.239 e. The van der Waals surface area contributed by atoms with Crippen LogP contribution in [0.2, 0.25) is 0 Å². The van der Waals surface area contributed by atoms with Gasteiger partial charge in [0.2, 0.25) is 5.91 Å². The molecule has 0 aromatic heterocycles. The van der Waals surface area contributed by atoms with Crippen LogP contribution in [0.15, 0.2) is 27.8 Å². The van der Waals surface area contributed by atoms with Crippen LogP contribution < -0.4 is 11.1 Å². The van der Waals surface area contributed by atoms with Crippen molar-refractivity contribution in [3.05, 3.63) is 44.2 Å². The topological polar surface area (TPSA) is 104 Å². The second-order valence-electron chi connectivity index (χ2n) is 4.11. The lowest BCUT2D eigenvalue weighted by atomic mass is 10.0. The number of hydrogen-bond donors (Lipinski definition) is 2. The van der Waals surface area contributed by atoms with Crippen LogP contribution in [-0.2, 0) is 4.79 Å². The summed E-state index contributed by atoms with van der Waals surface area (Å²) in [5, 5.41) is 6.49. The Bertz CT molecular complexity index is 499. The maximum atomic E-state index is 11.5. The minimum absolute atomic E-state index is 0.395. The van der Waals surface area contributed by atoms with E-state index in [0.717, 1.165) is 15.6 Å². The van der Waals surface area contributed by atoms with Gasteiger partial charge in [-0.15, -0.1) is 0 Å². The molecule has 0 saturated heterocycles. The zero-order chi connectivity index (χ0) is 14.3. The van der Waals surface area contributed by atoms with Gasteiger partial charge in [0.25, 0.3) is 0 Å². The summed E-state index contributed by atoms with van der Waals surface area (Å²) in [4.78, 5) is 14.1. The first kappa shape index (κ1) is 15.5. The molecule has 1 aromatic carbocycles. The van der Waals surface area contributed by atoms with Gasteiger partial charge in [-0.25, -0.2) is 0 Å². The van der Waals surface area contributed by atoms with Crippen LogP contribution in [0.3, 0.4) is 0 Å². The normalized spacial score (nSPS) is 11.7. The highest BCUT2D eigenvalue weighted by molar-refractivity contribution is 9.10. The summed E-state index contributed by atoms with van der Waals surface area (Å²) in [5.41, 5.74) is 15.5. The van der Waals surface area contributed by atoms with Crippen molar-refractivity contribution in [2.45, 2.75) is 19.4 Å². The van der Waals surface area contributed by atoms with Crippen LogP contribution in [0.1, 0.15) is 23.6 Å². The molecule has 19 heavy (non-hydrogen) atoms. The average Bonchev–Trinajstić information content (AvgIpc) is 2.37. The number of carbonyl (C=O) groups is 1. The number of aryl methyl sites for hydroxylation is 1. The van der Waals surface area contributed by atoms with Crippen LogP contribution in [0, 0.1) is 6.92 Å². The van der Waals surface area contributed by atoms with Gasteiger partial charge >= 0.3 is 0 Å². The van der Waals surface area contributed by atoms with Gasteiger partial charge in [-0.2, -0.15) is 0 Å². The summed E-state index contributed by atoms with van der Waals surface area (Å²) in [6, 6.07) is 5.14. The van der Waals surface area contributed by atoms with Crippen LogP contribution in [-0.4, -0.2) is 19.0 Å². The van der Waals surface area contributed by atoms with Gasteiger partial charge in [-0.1, -0.05) is 33.2 Å². The number of amides is 1. The molecule has 1 rings (SSSR count). The molecule has 0 fully saturated rings. The van der Waals surface area contributed by atoms with Crippen molar-refractivity contribution in [2.75, 3.05) is 13.1 Å². The Morgan fingerprint density at radius 1 is 1.63 bits per heavy atom. The first-order valence-corrected chi connectivity index (χ1v) is 6.65. The van der Waals surface area contributed by atoms with Gasteiger partial charge in [-0.05, 0) is 42.6 Å². The first-order valence-electron chi connectivity index (χ1n) is 5.86. The van der Waals surface area contributed by atoms with Gasteiger partial charge in [0.05, 0.1) is 0 Å². The van der Waals surface area contributed by atoms with Crippen molar-refractivity contribution < 1.29 is 4.79 Å². The predicted octanol–water partition coefficient (Wildman–Crippen LogP) is 2.57. The molecule has 102 valence electrons. The minimum Gasteiger partial charge on any atom is -0.368 e. The van der Waals surface area contributed by atoms with Crippen molar-refractivity contribution in [1.82, 2.24) is 5.32 Å². The number of rotatable bonds is 7. The Morgan fingerprint density at radius 2 is 2.37 bits per heavy atom. The minimum atomic E-state index is -0.539. The van der Waals surface area contributed by atoms with E-state index in [0.29, 0.717) is 19.5 Å². The second-order valence-corrected chi connectivity index (χ2v) is 4.96. The lowest BCUT2D eigenvalue weighted by Gasteiger charge is -2.16. The van der Waals surface area contributed by atoms with Crippen LogP contribution in [0.25, 0.3) is 10.4 Å². The third-order valence-corrected chi connectivity index (χ3v) is 3.51. The molecule has 0 bridgehead atoms. The molecule has 0 heterocycles. The molecule has 0 radical (unpaired) electrons. The number of hydrogen-bond acceptors (Lipinski definition) is 3. The number of primary amides is 1. The number of azide groups is 1. The number of nitrogens with two attached hydrogens (primary N) is 1. The van der Waals surface area contributed by atoms with E-state index in [1.165, 1.54) is 0 Å². The predicted molar refractivity (Wildman–Crippen MR) is 77.4 cm³/mol. The van der Waals surface area contributed by atoms with Crippen molar-refractivity contribution in [3.63, 3.8) is 0 Å². The quantitative estimate of drug-likeness (QED) is 0.348. The van der Waals surface area contributed by atoms with Gasteiger partial charge in [0.15, 0.2) is 0 Å². The summed E-state index contributed by atoms with van der Waals surface area (Å²) in [6.07, 6.45) is 0.654. The Morgan fingerprint density at radius 3 is 2.95 bits per heavy atom. The van der Waals surface area contributed by atoms with Crippen molar-refractivity contribution in [2.24, 2.45) is 10.8 Å². The summed E-state index contributed by atoms with van der Waals surface area (Å²) in [7, 11) is 0. The fraction of sp³-hybridized carbons (Fsp3) is 0.417. The molecule has 1 amide bonds. The largest absolute Gasteiger partial charge is 0.368 e. The fourth-order valence-electron chi connectivity index (χ4n) is 1.61. The maximum absolute atomic E-state index is 11.5. The highest BCUT2D eigenvalue weighted by atomic mass is 79.9. The zero-order valence-electron chi connectivity index (χ0n) is 10.6.